The van der Waals surface area contributed by atoms with Gasteiger partial charge in [-0.3, -0.25) is 0 Å². The van der Waals surface area contributed by atoms with E-state index in [-0.39, 0.29) is 0 Å². The highest BCUT2D eigenvalue weighted by Crippen LogP contribution is 2.36. The number of aromatic nitrogens is 3. The van der Waals surface area contributed by atoms with Crippen LogP contribution in [0.15, 0.2) is 18.6 Å². The smallest absolute Gasteiger partial charge is 0.203 e. The second kappa shape index (κ2) is 3.90. The summed E-state index contributed by atoms with van der Waals surface area (Å²) in [6.45, 7) is 2.84. The Morgan fingerprint density at radius 2 is 2.38 bits per heavy atom. The van der Waals surface area contributed by atoms with Crippen molar-refractivity contribution < 1.29 is 0 Å². The SMILES string of the molecule is Cc1ncc(CNc2nccn2C2CC2)s1. The molecule has 0 aromatic carbocycles. The molecule has 0 unspecified atom stereocenters. The molecule has 3 rings (SSSR count). The van der Waals surface area contributed by atoms with Gasteiger partial charge >= 0.3 is 0 Å². The van der Waals surface area contributed by atoms with Crippen molar-refractivity contribution in [3.8, 4) is 0 Å². The van der Waals surface area contributed by atoms with Crippen molar-refractivity contribution in [3.05, 3.63) is 28.5 Å². The van der Waals surface area contributed by atoms with Gasteiger partial charge in [-0.1, -0.05) is 0 Å². The van der Waals surface area contributed by atoms with Crippen LogP contribution in [0.1, 0.15) is 28.8 Å². The van der Waals surface area contributed by atoms with Crippen LogP contribution in [0, 0.1) is 6.92 Å². The van der Waals surface area contributed by atoms with Gasteiger partial charge in [-0.05, 0) is 19.8 Å². The molecule has 0 radical (unpaired) electrons. The number of nitrogens with zero attached hydrogens (tertiary/aromatic N) is 3. The van der Waals surface area contributed by atoms with Crippen molar-refractivity contribution in [1.82, 2.24) is 14.5 Å². The van der Waals surface area contributed by atoms with E-state index in [1.807, 2.05) is 19.3 Å². The molecule has 1 aliphatic rings. The van der Waals surface area contributed by atoms with Crippen LogP contribution in [0.4, 0.5) is 5.95 Å². The molecule has 16 heavy (non-hydrogen) atoms. The number of nitrogens with one attached hydrogen (secondary N) is 1. The molecule has 1 saturated carbocycles. The highest BCUT2D eigenvalue weighted by molar-refractivity contribution is 7.11. The van der Waals surface area contributed by atoms with E-state index in [2.05, 4.69) is 26.0 Å². The minimum atomic E-state index is 0.674. The molecular weight excluding hydrogens is 220 g/mol. The molecule has 2 heterocycles. The van der Waals surface area contributed by atoms with Gasteiger partial charge in [-0.15, -0.1) is 11.3 Å². The monoisotopic (exact) mass is 234 g/mol. The molecule has 0 atom stereocenters. The van der Waals surface area contributed by atoms with Crippen LogP contribution in [0.5, 0.6) is 0 Å². The molecule has 5 heteroatoms. The summed E-state index contributed by atoms with van der Waals surface area (Å²) in [7, 11) is 0. The van der Waals surface area contributed by atoms with Crippen LogP contribution in [0.2, 0.25) is 0 Å². The predicted octanol–water partition coefficient (Wildman–Crippen LogP) is 2.60. The topological polar surface area (TPSA) is 42.7 Å². The van der Waals surface area contributed by atoms with Crippen molar-refractivity contribution in [2.75, 3.05) is 5.32 Å². The van der Waals surface area contributed by atoms with Crippen molar-refractivity contribution in [3.63, 3.8) is 0 Å². The number of rotatable bonds is 4. The predicted molar refractivity (Wildman–Crippen MR) is 64.7 cm³/mol. The lowest BCUT2D eigenvalue weighted by atomic mass is 10.5. The van der Waals surface area contributed by atoms with E-state index in [0.29, 0.717) is 6.04 Å². The minimum Gasteiger partial charge on any atom is -0.351 e. The highest BCUT2D eigenvalue weighted by Gasteiger charge is 2.25. The van der Waals surface area contributed by atoms with E-state index >= 15 is 0 Å². The Morgan fingerprint density at radius 1 is 1.50 bits per heavy atom. The zero-order valence-electron chi connectivity index (χ0n) is 9.18. The van der Waals surface area contributed by atoms with Crippen LogP contribution in [0.25, 0.3) is 0 Å². The zero-order chi connectivity index (χ0) is 11.0. The summed E-state index contributed by atoms with van der Waals surface area (Å²) in [5.74, 6) is 0.980. The first-order chi connectivity index (χ1) is 7.83. The molecule has 0 amide bonds. The zero-order valence-corrected chi connectivity index (χ0v) is 10.00. The maximum atomic E-state index is 4.34. The number of hydrogen-bond acceptors (Lipinski definition) is 4. The number of hydrogen-bond donors (Lipinski definition) is 1. The first kappa shape index (κ1) is 9.84. The summed E-state index contributed by atoms with van der Waals surface area (Å²) < 4.78 is 2.23. The number of anilines is 1. The fourth-order valence-corrected chi connectivity index (χ4v) is 2.49. The fraction of sp³-hybridized carbons (Fsp3) is 0.455. The van der Waals surface area contributed by atoms with Crippen LogP contribution >= 0.6 is 11.3 Å². The van der Waals surface area contributed by atoms with E-state index in [0.717, 1.165) is 17.5 Å². The molecule has 84 valence electrons. The Morgan fingerprint density at radius 3 is 3.06 bits per heavy atom. The number of aryl methyl sites for hydroxylation is 1. The largest absolute Gasteiger partial charge is 0.351 e. The Bertz CT molecular complexity index is 484. The van der Waals surface area contributed by atoms with Crippen LogP contribution in [0.3, 0.4) is 0 Å². The molecule has 1 N–H and O–H groups in total. The van der Waals surface area contributed by atoms with Gasteiger partial charge in [0.05, 0.1) is 11.6 Å². The molecule has 4 nitrogen and oxygen atoms in total. The van der Waals surface area contributed by atoms with E-state index in [9.17, 15) is 0 Å². The number of imidazole rings is 1. The summed E-state index contributed by atoms with van der Waals surface area (Å²) in [5, 5.41) is 4.48. The molecule has 0 spiro atoms. The maximum Gasteiger partial charge on any atom is 0.203 e. The first-order valence-corrected chi connectivity index (χ1v) is 6.32. The molecule has 2 aromatic heterocycles. The summed E-state index contributed by atoms with van der Waals surface area (Å²) >= 11 is 1.73. The second-order valence-electron chi connectivity index (χ2n) is 4.09. The van der Waals surface area contributed by atoms with Gasteiger partial charge in [0.25, 0.3) is 0 Å². The molecule has 1 aliphatic carbocycles. The summed E-state index contributed by atoms with van der Waals surface area (Å²) in [5.41, 5.74) is 0. The first-order valence-electron chi connectivity index (χ1n) is 5.51. The standard InChI is InChI=1S/C11H14N4S/c1-8-13-6-10(16-8)7-14-11-12-4-5-15(11)9-2-3-9/h4-6,9H,2-3,7H2,1H3,(H,12,14). The van der Waals surface area contributed by atoms with Crippen molar-refractivity contribution >= 4 is 17.3 Å². The quantitative estimate of drug-likeness (QED) is 0.884. The lowest BCUT2D eigenvalue weighted by molar-refractivity contribution is 0.743. The van der Waals surface area contributed by atoms with E-state index in [1.54, 1.807) is 11.3 Å². The van der Waals surface area contributed by atoms with Gasteiger partial charge < -0.3 is 9.88 Å². The average Bonchev–Trinajstić information content (AvgIpc) is 2.86. The second-order valence-corrected chi connectivity index (χ2v) is 5.41. The average molecular weight is 234 g/mol. The molecule has 2 aromatic rings. The van der Waals surface area contributed by atoms with Crippen LogP contribution < -0.4 is 5.32 Å². The minimum absolute atomic E-state index is 0.674. The summed E-state index contributed by atoms with van der Waals surface area (Å²) in [4.78, 5) is 9.83. The van der Waals surface area contributed by atoms with Crippen LogP contribution in [-0.2, 0) is 6.54 Å². The third-order valence-electron chi connectivity index (χ3n) is 2.70. The van der Waals surface area contributed by atoms with E-state index < -0.39 is 0 Å². The summed E-state index contributed by atoms with van der Waals surface area (Å²) in [6, 6.07) is 0.674. The molecule has 0 bridgehead atoms. The highest BCUT2D eigenvalue weighted by atomic mass is 32.1. The third-order valence-corrected chi connectivity index (χ3v) is 3.61. The van der Waals surface area contributed by atoms with E-state index in [4.69, 9.17) is 0 Å². The Balaban J connectivity index is 1.67. The van der Waals surface area contributed by atoms with Crippen molar-refractivity contribution in [2.24, 2.45) is 0 Å². The molecule has 1 fully saturated rings. The van der Waals surface area contributed by atoms with Crippen molar-refractivity contribution in [2.45, 2.75) is 32.4 Å². The van der Waals surface area contributed by atoms with Crippen LogP contribution in [-0.4, -0.2) is 14.5 Å². The molecule has 0 aliphatic heterocycles. The van der Waals surface area contributed by atoms with E-state index in [1.165, 1.54) is 17.7 Å². The lowest BCUT2D eigenvalue weighted by Crippen LogP contribution is -2.05. The van der Waals surface area contributed by atoms with Gasteiger partial charge in [0.2, 0.25) is 5.95 Å². The van der Waals surface area contributed by atoms with Gasteiger partial charge in [-0.25, -0.2) is 9.97 Å². The van der Waals surface area contributed by atoms with Gasteiger partial charge in [-0.2, -0.15) is 0 Å². The number of thiazole rings is 1. The molecule has 0 saturated heterocycles. The fourth-order valence-electron chi connectivity index (χ4n) is 1.75. The molecular formula is C11H14N4S. The summed E-state index contributed by atoms with van der Waals surface area (Å²) in [6.07, 6.45) is 8.41. The van der Waals surface area contributed by atoms with Gasteiger partial charge in [0.15, 0.2) is 0 Å². The Kier molecular flexibility index (Phi) is 2.40. The normalized spacial score (nSPS) is 15.3. The maximum absolute atomic E-state index is 4.34. The van der Waals surface area contributed by atoms with Crippen molar-refractivity contribution in [1.29, 1.82) is 0 Å². The lowest BCUT2D eigenvalue weighted by Gasteiger charge is -2.07. The van der Waals surface area contributed by atoms with Gasteiger partial charge in [0, 0.05) is 29.5 Å². The van der Waals surface area contributed by atoms with Gasteiger partial charge in [0.1, 0.15) is 0 Å². The third kappa shape index (κ3) is 1.95. The Hall–Kier alpha value is -1.36. The Labute approximate surface area is 98.4 Å².